The number of hydrogen-bond donors (Lipinski definition) is 2. The Morgan fingerprint density at radius 1 is 1.24 bits per heavy atom. The number of likely N-dealkylation sites (tertiary alicyclic amines) is 1. The van der Waals surface area contributed by atoms with Crippen LogP contribution in [-0.4, -0.2) is 85.8 Å². The van der Waals surface area contributed by atoms with Crippen LogP contribution in [0.25, 0.3) is 16.9 Å². The number of piperidine rings is 1. The number of nitrogens with one attached hydrogen (secondary N) is 1. The quantitative estimate of drug-likeness (QED) is 0.321. The number of carbonyl (C=O) groups excluding carboxylic acids is 2. The summed E-state index contributed by atoms with van der Waals surface area (Å²) in [6, 6.07) is 6.09. The van der Waals surface area contributed by atoms with Crippen LogP contribution in [0.15, 0.2) is 42.9 Å². The minimum Gasteiger partial charge on any atom is -0.434 e. The van der Waals surface area contributed by atoms with E-state index < -0.39 is 12.5 Å². The summed E-state index contributed by atoms with van der Waals surface area (Å²) in [5, 5.41) is 11.5. The highest BCUT2D eigenvalue weighted by atomic mass is 35.5. The highest BCUT2D eigenvalue weighted by molar-refractivity contribution is 6.31. The molecule has 0 spiro atoms. The molecule has 0 saturated carbocycles. The number of nitrogens with two attached hydrogens (primary N) is 1. The number of anilines is 2. The van der Waals surface area contributed by atoms with Gasteiger partial charge in [-0.3, -0.25) is 14.3 Å². The Morgan fingerprint density at radius 2 is 2.00 bits per heavy atom. The summed E-state index contributed by atoms with van der Waals surface area (Å²) in [6.45, 7) is -2.06. The Kier molecular flexibility index (Phi) is 8.03. The predicted octanol–water partition coefficient (Wildman–Crippen LogP) is 3.23. The van der Waals surface area contributed by atoms with Gasteiger partial charge >= 0.3 is 6.61 Å². The van der Waals surface area contributed by atoms with Crippen molar-refractivity contribution in [3.05, 3.63) is 53.4 Å². The van der Waals surface area contributed by atoms with E-state index in [0.29, 0.717) is 19.1 Å². The first-order valence-corrected chi connectivity index (χ1v) is 13.1. The first kappa shape index (κ1) is 28.2. The van der Waals surface area contributed by atoms with Gasteiger partial charge in [0.15, 0.2) is 11.5 Å². The number of ether oxygens (including phenoxy) is 1. The summed E-state index contributed by atoms with van der Waals surface area (Å²) < 4.78 is 33.9. The molecule has 1 saturated heterocycles. The standard InChI is InChI=1S/C26H28ClF2N9O3/c1-35(2)16-6-10-36(11-7-16)20(39)14-37-13-18(22(33-37)17-12-15(27)4-5-19(17)41-26(28)29)32-25(40)21-23(30)34-38-9-3-8-31-24(21)38/h3-5,8-9,12-13,16,26H,6-7,10-11,14H2,1-2H3,(H2,30,34)(H,32,40). The van der Waals surface area contributed by atoms with E-state index in [2.05, 4.69) is 25.4 Å². The minimum atomic E-state index is -3.12. The van der Waals surface area contributed by atoms with Crippen molar-refractivity contribution < 1.29 is 23.1 Å². The molecule has 41 heavy (non-hydrogen) atoms. The minimum absolute atomic E-state index is 0.0132. The van der Waals surface area contributed by atoms with E-state index >= 15 is 0 Å². The lowest BCUT2D eigenvalue weighted by molar-refractivity contribution is -0.133. The van der Waals surface area contributed by atoms with Crippen molar-refractivity contribution in [2.24, 2.45) is 0 Å². The molecule has 1 aliphatic heterocycles. The topological polar surface area (TPSA) is 136 Å². The normalized spacial score (nSPS) is 14.3. The van der Waals surface area contributed by atoms with Crippen molar-refractivity contribution in [3.8, 4) is 17.0 Å². The van der Waals surface area contributed by atoms with Crippen LogP contribution in [0.1, 0.15) is 23.2 Å². The van der Waals surface area contributed by atoms with Crippen LogP contribution in [0, 0.1) is 0 Å². The molecule has 0 atom stereocenters. The van der Waals surface area contributed by atoms with Gasteiger partial charge in [-0.15, -0.1) is 5.10 Å². The van der Waals surface area contributed by atoms with Crippen LogP contribution in [0.2, 0.25) is 5.02 Å². The third-order valence-electron chi connectivity index (χ3n) is 6.92. The van der Waals surface area contributed by atoms with Crippen molar-refractivity contribution in [3.63, 3.8) is 0 Å². The monoisotopic (exact) mass is 587 g/mol. The van der Waals surface area contributed by atoms with Crippen LogP contribution in [-0.2, 0) is 11.3 Å². The third kappa shape index (κ3) is 6.07. The van der Waals surface area contributed by atoms with Gasteiger partial charge in [0.2, 0.25) is 5.91 Å². The smallest absolute Gasteiger partial charge is 0.387 e. The maximum Gasteiger partial charge on any atom is 0.387 e. The fourth-order valence-corrected chi connectivity index (χ4v) is 5.03. The van der Waals surface area contributed by atoms with Gasteiger partial charge in [0.1, 0.15) is 23.6 Å². The van der Waals surface area contributed by atoms with E-state index in [1.807, 2.05) is 14.1 Å². The van der Waals surface area contributed by atoms with Gasteiger partial charge in [-0.05, 0) is 51.2 Å². The number of benzene rings is 1. The number of amides is 2. The van der Waals surface area contributed by atoms with Crippen molar-refractivity contribution in [1.29, 1.82) is 0 Å². The summed E-state index contributed by atoms with van der Waals surface area (Å²) in [5.41, 5.74) is 6.52. The van der Waals surface area contributed by atoms with E-state index in [1.165, 1.54) is 39.8 Å². The molecule has 4 aromatic rings. The average Bonchev–Trinajstić information content (AvgIpc) is 3.48. The highest BCUT2D eigenvalue weighted by Crippen LogP contribution is 2.37. The largest absolute Gasteiger partial charge is 0.434 e. The number of alkyl halides is 2. The van der Waals surface area contributed by atoms with Crippen molar-refractivity contribution >= 4 is 40.6 Å². The van der Waals surface area contributed by atoms with Gasteiger partial charge < -0.3 is 25.6 Å². The molecule has 12 nitrogen and oxygen atoms in total. The zero-order valence-corrected chi connectivity index (χ0v) is 23.1. The maximum absolute atomic E-state index is 13.4. The molecule has 2 amide bonds. The highest BCUT2D eigenvalue weighted by Gasteiger charge is 2.27. The second kappa shape index (κ2) is 11.7. The van der Waals surface area contributed by atoms with Crippen LogP contribution in [0.3, 0.4) is 0 Å². The number of carbonyl (C=O) groups is 2. The number of nitrogen functional groups attached to an aromatic ring is 1. The first-order valence-electron chi connectivity index (χ1n) is 12.8. The van der Waals surface area contributed by atoms with Crippen LogP contribution < -0.4 is 15.8 Å². The fraction of sp³-hybridized carbons (Fsp3) is 0.346. The molecule has 1 aromatic carbocycles. The van der Waals surface area contributed by atoms with Gasteiger partial charge in [-0.2, -0.15) is 13.9 Å². The van der Waals surface area contributed by atoms with Crippen molar-refractivity contribution in [2.75, 3.05) is 38.2 Å². The van der Waals surface area contributed by atoms with Crippen molar-refractivity contribution in [1.82, 2.24) is 34.2 Å². The molecule has 4 heterocycles. The van der Waals surface area contributed by atoms with Gasteiger partial charge in [-0.1, -0.05) is 11.6 Å². The summed E-state index contributed by atoms with van der Waals surface area (Å²) in [4.78, 5) is 34.6. The van der Waals surface area contributed by atoms with Gasteiger partial charge in [0, 0.05) is 48.3 Å². The zero-order valence-electron chi connectivity index (χ0n) is 22.3. The molecule has 0 unspecified atom stereocenters. The number of nitrogens with zero attached hydrogens (tertiary/aromatic N) is 7. The molecule has 5 rings (SSSR count). The molecule has 0 aliphatic carbocycles. The summed E-state index contributed by atoms with van der Waals surface area (Å²) in [6.07, 6.45) is 6.21. The van der Waals surface area contributed by atoms with E-state index in [4.69, 9.17) is 22.1 Å². The lowest BCUT2D eigenvalue weighted by Crippen LogP contribution is -2.45. The third-order valence-corrected chi connectivity index (χ3v) is 7.15. The fourth-order valence-electron chi connectivity index (χ4n) is 4.86. The van der Waals surface area contributed by atoms with Crippen molar-refractivity contribution in [2.45, 2.75) is 32.0 Å². The number of fused-ring (bicyclic) bond motifs is 1. The van der Waals surface area contributed by atoms with E-state index in [9.17, 15) is 18.4 Å². The Labute approximate surface area is 238 Å². The maximum atomic E-state index is 13.4. The molecular formula is C26H28ClF2N9O3. The number of hydrogen-bond acceptors (Lipinski definition) is 8. The van der Waals surface area contributed by atoms with E-state index in [-0.39, 0.29) is 57.2 Å². The Balaban J connectivity index is 1.48. The van der Waals surface area contributed by atoms with Crippen LogP contribution in [0.4, 0.5) is 20.3 Å². The molecule has 0 radical (unpaired) electrons. The summed E-state index contributed by atoms with van der Waals surface area (Å²) >= 11 is 6.19. The van der Waals surface area contributed by atoms with Gasteiger partial charge in [-0.25, -0.2) is 9.50 Å². The predicted molar refractivity (Wildman–Crippen MR) is 148 cm³/mol. The SMILES string of the molecule is CN(C)C1CCN(C(=O)Cn2cc(NC(=O)c3c(N)nn4cccnc34)c(-c3cc(Cl)ccc3OC(F)F)n2)CC1. The molecule has 216 valence electrons. The first-order chi connectivity index (χ1) is 19.6. The molecule has 15 heteroatoms. The van der Waals surface area contributed by atoms with Gasteiger partial charge in [0.25, 0.3) is 5.91 Å². The molecule has 1 fully saturated rings. The zero-order chi connectivity index (χ0) is 29.3. The second-order valence-corrected chi connectivity index (χ2v) is 10.2. The Hall–Kier alpha value is -4.30. The average molecular weight is 588 g/mol. The molecule has 0 bridgehead atoms. The summed E-state index contributed by atoms with van der Waals surface area (Å²) in [7, 11) is 4.03. The Bertz CT molecular complexity index is 1580. The number of aromatic nitrogens is 5. The second-order valence-electron chi connectivity index (χ2n) is 9.79. The van der Waals surface area contributed by atoms with Crippen LogP contribution in [0.5, 0.6) is 5.75 Å². The lowest BCUT2D eigenvalue weighted by Gasteiger charge is -2.35. The number of rotatable bonds is 8. The van der Waals surface area contributed by atoms with Gasteiger partial charge in [0.05, 0.1) is 5.69 Å². The Morgan fingerprint density at radius 3 is 2.71 bits per heavy atom. The van der Waals surface area contributed by atoms with E-state index in [0.717, 1.165) is 12.8 Å². The van der Waals surface area contributed by atoms with E-state index in [1.54, 1.807) is 17.2 Å². The molecule has 3 aromatic heterocycles. The number of halogens is 3. The summed E-state index contributed by atoms with van der Waals surface area (Å²) in [5.74, 6) is -1.09. The molecular weight excluding hydrogens is 560 g/mol. The van der Waals surface area contributed by atoms with Crippen LogP contribution >= 0.6 is 11.6 Å². The molecule has 1 aliphatic rings. The molecule has 3 N–H and O–H groups in total. The lowest BCUT2D eigenvalue weighted by atomic mass is 10.0.